The molecule has 1 fully saturated rings. The van der Waals surface area contributed by atoms with Crippen molar-refractivity contribution >= 4 is 38.7 Å². The Morgan fingerprint density at radius 1 is 1.14 bits per heavy atom. The molecular formula is C20H25N3O3S2. The van der Waals surface area contributed by atoms with Gasteiger partial charge in [-0.2, -0.15) is 4.31 Å². The van der Waals surface area contributed by atoms with Gasteiger partial charge in [0.2, 0.25) is 10.0 Å². The van der Waals surface area contributed by atoms with E-state index < -0.39 is 10.0 Å². The van der Waals surface area contributed by atoms with Crippen molar-refractivity contribution in [3.63, 3.8) is 0 Å². The van der Waals surface area contributed by atoms with Gasteiger partial charge in [-0.1, -0.05) is 18.2 Å². The quantitative estimate of drug-likeness (QED) is 0.751. The van der Waals surface area contributed by atoms with E-state index in [1.807, 2.05) is 43.0 Å². The molecule has 0 radical (unpaired) electrons. The van der Waals surface area contributed by atoms with Crippen molar-refractivity contribution in [2.75, 3.05) is 43.1 Å². The van der Waals surface area contributed by atoms with Crippen LogP contribution in [-0.4, -0.2) is 50.7 Å². The Morgan fingerprint density at radius 3 is 2.39 bits per heavy atom. The summed E-state index contributed by atoms with van der Waals surface area (Å²) in [7, 11) is -3.49. The lowest BCUT2D eigenvalue weighted by atomic mass is 10.2. The van der Waals surface area contributed by atoms with Crippen LogP contribution < -0.4 is 10.2 Å². The van der Waals surface area contributed by atoms with Gasteiger partial charge in [-0.25, -0.2) is 8.42 Å². The molecule has 0 unspecified atom stereocenters. The predicted molar refractivity (Wildman–Crippen MR) is 116 cm³/mol. The normalized spacial score (nSPS) is 15.2. The van der Waals surface area contributed by atoms with E-state index in [9.17, 15) is 8.42 Å². The molecule has 0 saturated carbocycles. The van der Waals surface area contributed by atoms with Gasteiger partial charge in [-0.05, 0) is 62.0 Å². The number of thiocarbonyl (C=S) groups is 1. The first-order chi connectivity index (χ1) is 13.4. The van der Waals surface area contributed by atoms with E-state index in [4.69, 9.17) is 17.0 Å². The van der Waals surface area contributed by atoms with Crippen LogP contribution in [0.1, 0.15) is 12.5 Å². The predicted octanol–water partition coefficient (Wildman–Crippen LogP) is 3.24. The van der Waals surface area contributed by atoms with Gasteiger partial charge in [0, 0.05) is 31.0 Å². The Balaban J connectivity index is 1.73. The summed E-state index contributed by atoms with van der Waals surface area (Å²) in [6, 6.07) is 14.8. The maximum atomic E-state index is 12.7. The molecule has 2 aromatic rings. The topological polar surface area (TPSA) is 61.9 Å². The second-order valence-corrected chi connectivity index (χ2v) is 8.83. The second-order valence-electron chi connectivity index (χ2n) is 6.50. The molecule has 3 rings (SSSR count). The summed E-state index contributed by atoms with van der Waals surface area (Å²) < 4.78 is 32.1. The van der Waals surface area contributed by atoms with E-state index in [0.29, 0.717) is 31.4 Å². The first-order valence-corrected chi connectivity index (χ1v) is 11.1. The monoisotopic (exact) mass is 419 g/mol. The smallest absolute Gasteiger partial charge is 0.243 e. The summed E-state index contributed by atoms with van der Waals surface area (Å²) in [5, 5.41) is 3.78. The van der Waals surface area contributed by atoms with E-state index in [-0.39, 0.29) is 4.90 Å². The highest BCUT2D eigenvalue weighted by molar-refractivity contribution is 7.89. The molecule has 1 aliphatic rings. The third-order valence-electron chi connectivity index (χ3n) is 4.68. The zero-order valence-electron chi connectivity index (χ0n) is 16.1. The van der Waals surface area contributed by atoms with Gasteiger partial charge in [0.15, 0.2) is 5.11 Å². The summed E-state index contributed by atoms with van der Waals surface area (Å²) >= 11 is 5.58. The molecule has 8 heteroatoms. The van der Waals surface area contributed by atoms with Crippen molar-refractivity contribution in [3.8, 4) is 0 Å². The van der Waals surface area contributed by atoms with Crippen LogP contribution in [0.5, 0.6) is 0 Å². The first-order valence-electron chi connectivity index (χ1n) is 9.25. The van der Waals surface area contributed by atoms with E-state index in [1.54, 1.807) is 24.3 Å². The second kappa shape index (κ2) is 9.00. The highest BCUT2D eigenvalue weighted by atomic mass is 32.2. The van der Waals surface area contributed by atoms with E-state index in [2.05, 4.69) is 5.32 Å². The van der Waals surface area contributed by atoms with Crippen LogP contribution in [0.2, 0.25) is 0 Å². The fourth-order valence-corrected chi connectivity index (χ4v) is 4.88. The van der Waals surface area contributed by atoms with Crippen LogP contribution >= 0.6 is 12.2 Å². The molecule has 0 atom stereocenters. The largest absolute Gasteiger partial charge is 0.379 e. The lowest BCUT2D eigenvalue weighted by molar-refractivity contribution is 0.0730. The number of rotatable bonds is 5. The number of anilines is 2. The molecule has 150 valence electrons. The Kier molecular flexibility index (Phi) is 6.66. The Bertz CT molecular complexity index is 924. The molecule has 1 N–H and O–H groups in total. The number of benzene rings is 2. The Morgan fingerprint density at radius 2 is 1.79 bits per heavy atom. The van der Waals surface area contributed by atoms with Crippen LogP contribution in [0.4, 0.5) is 11.4 Å². The number of morpholine rings is 1. The molecule has 0 aliphatic carbocycles. The van der Waals surface area contributed by atoms with Crippen molar-refractivity contribution in [1.29, 1.82) is 0 Å². The van der Waals surface area contributed by atoms with Gasteiger partial charge in [-0.3, -0.25) is 0 Å². The minimum Gasteiger partial charge on any atom is -0.379 e. The summed E-state index contributed by atoms with van der Waals surface area (Å²) in [6.07, 6.45) is 0. The average Bonchev–Trinajstić information content (AvgIpc) is 2.71. The molecule has 0 spiro atoms. The highest BCUT2D eigenvalue weighted by Gasteiger charge is 2.26. The van der Waals surface area contributed by atoms with Crippen molar-refractivity contribution < 1.29 is 13.2 Å². The molecule has 28 heavy (non-hydrogen) atoms. The molecule has 1 heterocycles. The number of para-hydroxylation sites is 1. The van der Waals surface area contributed by atoms with Gasteiger partial charge in [0.25, 0.3) is 0 Å². The van der Waals surface area contributed by atoms with Crippen LogP contribution in [-0.2, 0) is 14.8 Å². The zero-order chi connectivity index (χ0) is 20.1. The molecule has 1 aliphatic heterocycles. The van der Waals surface area contributed by atoms with E-state index in [0.717, 1.165) is 23.5 Å². The number of hydrogen-bond donors (Lipinski definition) is 1. The number of nitrogens with zero attached hydrogens (tertiary/aromatic N) is 2. The number of hydrogen-bond acceptors (Lipinski definition) is 4. The molecule has 0 amide bonds. The van der Waals surface area contributed by atoms with Gasteiger partial charge in [0.05, 0.1) is 18.1 Å². The number of nitrogens with one attached hydrogen (secondary N) is 1. The van der Waals surface area contributed by atoms with Crippen LogP contribution in [0.3, 0.4) is 0 Å². The van der Waals surface area contributed by atoms with Crippen molar-refractivity contribution in [1.82, 2.24) is 4.31 Å². The maximum absolute atomic E-state index is 12.7. The van der Waals surface area contributed by atoms with E-state index in [1.165, 1.54) is 4.31 Å². The van der Waals surface area contributed by atoms with Crippen LogP contribution in [0.15, 0.2) is 53.4 Å². The van der Waals surface area contributed by atoms with Crippen molar-refractivity contribution in [2.24, 2.45) is 0 Å². The standard InChI is InChI=1S/C20H25N3O3S2/c1-3-23(19-7-5-4-6-16(19)2)20(27)21-17-8-10-18(11-9-17)28(24,25)22-12-14-26-15-13-22/h4-11H,3,12-15H2,1-2H3,(H,21,27). The van der Waals surface area contributed by atoms with Crippen LogP contribution in [0, 0.1) is 6.92 Å². The van der Waals surface area contributed by atoms with Gasteiger partial charge in [-0.15, -0.1) is 0 Å². The molecule has 2 aromatic carbocycles. The Labute approximate surface area is 172 Å². The summed E-state index contributed by atoms with van der Waals surface area (Å²) in [5.41, 5.74) is 2.94. The van der Waals surface area contributed by atoms with Gasteiger partial charge >= 0.3 is 0 Å². The third-order valence-corrected chi connectivity index (χ3v) is 6.92. The van der Waals surface area contributed by atoms with E-state index >= 15 is 0 Å². The summed E-state index contributed by atoms with van der Waals surface area (Å²) in [5.74, 6) is 0. The van der Waals surface area contributed by atoms with Gasteiger partial charge < -0.3 is 15.0 Å². The lowest BCUT2D eigenvalue weighted by Gasteiger charge is -2.27. The minimum absolute atomic E-state index is 0.275. The molecule has 1 saturated heterocycles. The summed E-state index contributed by atoms with van der Waals surface area (Å²) in [4.78, 5) is 2.29. The maximum Gasteiger partial charge on any atom is 0.243 e. The Hall–Kier alpha value is -2.00. The average molecular weight is 420 g/mol. The number of ether oxygens (including phenoxy) is 1. The number of sulfonamides is 1. The van der Waals surface area contributed by atoms with Crippen molar-refractivity contribution in [3.05, 3.63) is 54.1 Å². The summed E-state index contributed by atoms with van der Waals surface area (Å²) in [6.45, 7) is 6.44. The molecule has 6 nitrogen and oxygen atoms in total. The zero-order valence-corrected chi connectivity index (χ0v) is 17.7. The third kappa shape index (κ3) is 4.52. The van der Waals surface area contributed by atoms with Crippen molar-refractivity contribution in [2.45, 2.75) is 18.7 Å². The van der Waals surface area contributed by atoms with Gasteiger partial charge in [0.1, 0.15) is 0 Å². The highest BCUT2D eigenvalue weighted by Crippen LogP contribution is 2.22. The number of aryl methyl sites for hydroxylation is 1. The fourth-order valence-electron chi connectivity index (χ4n) is 3.13. The molecule has 0 aromatic heterocycles. The minimum atomic E-state index is -3.49. The molecular weight excluding hydrogens is 394 g/mol. The SMILES string of the molecule is CCN(C(=S)Nc1ccc(S(=O)(=O)N2CCOCC2)cc1)c1ccccc1C. The molecule has 0 bridgehead atoms. The first kappa shape index (κ1) is 20.7. The van der Waals surface area contributed by atoms with Crippen LogP contribution in [0.25, 0.3) is 0 Å². The fraction of sp³-hybridized carbons (Fsp3) is 0.350. The lowest BCUT2D eigenvalue weighted by Crippen LogP contribution is -2.40.